The van der Waals surface area contributed by atoms with Crippen molar-refractivity contribution in [1.29, 1.82) is 0 Å². The predicted molar refractivity (Wildman–Crippen MR) is 105 cm³/mol. The van der Waals surface area contributed by atoms with Crippen molar-refractivity contribution in [3.05, 3.63) is 52.8 Å². The van der Waals surface area contributed by atoms with Crippen molar-refractivity contribution in [1.82, 2.24) is 15.1 Å². The van der Waals surface area contributed by atoms with Gasteiger partial charge >= 0.3 is 0 Å². The lowest BCUT2D eigenvalue weighted by atomic mass is 10.1. The molecular weight excluding hydrogens is 342 g/mol. The lowest BCUT2D eigenvalue weighted by Gasteiger charge is -2.08. The Morgan fingerprint density at radius 1 is 0.926 bits per heavy atom. The first-order chi connectivity index (χ1) is 13.1. The third-order valence-electron chi connectivity index (χ3n) is 4.27. The van der Waals surface area contributed by atoms with Crippen LogP contribution in [-0.2, 0) is 16.1 Å². The third-order valence-corrected chi connectivity index (χ3v) is 4.27. The molecular formula is C21H27N3O3. The fourth-order valence-electron chi connectivity index (χ4n) is 2.78. The van der Waals surface area contributed by atoms with E-state index in [9.17, 15) is 14.4 Å². The van der Waals surface area contributed by atoms with Crippen molar-refractivity contribution in [2.45, 2.75) is 58.4 Å². The highest BCUT2D eigenvalue weighted by atomic mass is 16.2. The average Bonchev–Trinajstić information content (AvgIpc) is 2.67. The van der Waals surface area contributed by atoms with E-state index in [4.69, 9.17) is 0 Å². The Hall–Kier alpha value is -2.76. The van der Waals surface area contributed by atoms with Crippen LogP contribution in [0.4, 0.5) is 0 Å². The monoisotopic (exact) mass is 369 g/mol. The van der Waals surface area contributed by atoms with Crippen LogP contribution in [0.25, 0.3) is 11.3 Å². The molecule has 6 heteroatoms. The number of rotatable bonds is 10. The van der Waals surface area contributed by atoms with Gasteiger partial charge in [-0.3, -0.25) is 19.7 Å². The third kappa shape index (κ3) is 7.17. The topological polar surface area (TPSA) is 81.1 Å². The van der Waals surface area contributed by atoms with E-state index in [-0.39, 0.29) is 18.0 Å². The lowest BCUT2D eigenvalue weighted by Crippen LogP contribution is -2.36. The molecule has 0 spiro atoms. The van der Waals surface area contributed by atoms with Crippen molar-refractivity contribution in [3.8, 4) is 11.3 Å². The fourth-order valence-corrected chi connectivity index (χ4v) is 2.78. The molecule has 0 aliphatic carbocycles. The summed E-state index contributed by atoms with van der Waals surface area (Å²) in [5.41, 5.74) is 1.07. The normalized spacial score (nSPS) is 10.6. The summed E-state index contributed by atoms with van der Waals surface area (Å²) in [5.74, 6) is -0.825. The number of carbonyl (C=O) groups excluding carboxylic acids is 2. The number of carbonyl (C=O) groups is 2. The van der Waals surface area contributed by atoms with Gasteiger partial charge in [-0.2, -0.15) is 5.10 Å². The molecule has 0 saturated heterocycles. The molecule has 0 bridgehead atoms. The van der Waals surface area contributed by atoms with Crippen molar-refractivity contribution < 1.29 is 9.59 Å². The van der Waals surface area contributed by atoms with Crippen LogP contribution >= 0.6 is 0 Å². The van der Waals surface area contributed by atoms with E-state index in [2.05, 4.69) is 17.3 Å². The van der Waals surface area contributed by atoms with Crippen LogP contribution in [0, 0.1) is 0 Å². The maximum Gasteiger partial charge on any atom is 0.267 e. The minimum absolute atomic E-state index is 0.276. The number of amides is 2. The second kappa shape index (κ2) is 11.1. The van der Waals surface area contributed by atoms with Gasteiger partial charge in [0.15, 0.2) is 0 Å². The molecule has 1 heterocycles. The summed E-state index contributed by atoms with van der Waals surface area (Å²) in [6, 6.07) is 12.4. The number of hydrogen-bond donors (Lipinski definition) is 1. The van der Waals surface area contributed by atoms with E-state index in [0.717, 1.165) is 29.5 Å². The molecule has 6 nitrogen and oxygen atoms in total. The summed E-state index contributed by atoms with van der Waals surface area (Å²) in [6.45, 7) is 1.89. The van der Waals surface area contributed by atoms with Gasteiger partial charge in [-0.05, 0) is 12.5 Å². The molecule has 1 aromatic carbocycles. The minimum atomic E-state index is -0.522. The van der Waals surface area contributed by atoms with Gasteiger partial charge in [-0.1, -0.05) is 69.4 Å². The zero-order valence-electron chi connectivity index (χ0n) is 15.8. The first-order valence-corrected chi connectivity index (χ1v) is 9.56. The van der Waals surface area contributed by atoms with Crippen LogP contribution < -0.4 is 10.9 Å². The van der Waals surface area contributed by atoms with Crippen molar-refractivity contribution in [3.63, 3.8) is 0 Å². The van der Waals surface area contributed by atoms with E-state index in [1.165, 1.54) is 25.3 Å². The highest BCUT2D eigenvalue weighted by Crippen LogP contribution is 2.13. The first kappa shape index (κ1) is 20.6. The number of aromatic nitrogens is 2. The Labute approximate surface area is 159 Å². The number of benzene rings is 1. The minimum Gasteiger partial charge on any atom is -0.295 e. The Bertz CT molecular complexity index is 800. The molecule has 2 amide bonds. The number of imide groups is 1. The Morgan fingerprint density at radius 3 is 2.37 bits per heavy atom. The molecule has 0 aliphatic rings. The number of nitrogens with one attached hydrogen (secondary N) is 1. The molecule has 27 heavy (non-hydrogen) atoms. The second-order valence-electron chi connectivity index (χ2n) is 6.57. The lowest BCUT2D eigenvalue weighted by molar-refractivity contribution is -0.130. The molecule has 2 rings (SSSR count). The van der Waals surface area contributed by atoms with E-state index >= 15 is 0 Å². The molecule has 144 valence electrons. The van der Waals surface area contributed by atoms with Gasteiger partial charge in [0.2, 0.25) is 11.8 Å². The highest BCUT2D eigenvalue weighted by Gasteiger charge is 2.11. The Morgan fingerprint density at radius 2 is 1.63 bits per heavy atom. The van der Waals surface area contributed by atoms with Crippen molar-refractivity contribution >= 4 is 11.8 Å². The second-order valence-corrected chi connectivity index (χ2v) is 6.57. The number of nitrogens with zero attached hydrogens (tertiary/aromatic N) is 2. The van der Waals surface area contributed by atoms with E-state index in [1.807, 2.05) is 30.3 Å². The predicted octanol–water partition coefficient (Wildman–Crippen LogP) is 3.30. The van der Waals surface area contributed by atoms with Gasteiger partial charge in [0.25, 0.3) is 5.56 Å². The highest BCUT2D eigenvalue weighted by molar-refractivity contribution is 5.94. The van der Waals surface area contributed by atoms with Gasteiger partial charge in [0.05, 0.1) is 5.69 Å². The largest absolute Gasteiger partial charge is 0.295 e. The zero-order chi connectivity index (χ0) is 19.5. The van der Waals surface area contributed by atoms with Crippen LogP contribution in [0.2, 0.25) is 0 Å². The number of hydrogen-bond acceptors (Lipinski definition) is 4. The molecule has 0 saturated carbocycles. The Kier molecular flexibility index (Phi) is 8.42. The molecule has 2 aromatic rings. The maximum absolute atomic E-state index is 12.1. The molecule has 0 radical (unpaired) electrons. The van der Waals surface area contributed by atoms with Crippen LogP contribution in [0.1, 0.15) is 51.9 Å². The quantitative estimate of drug-likeness (QED) is 0.652. The summed E-state index contributed by atoms with van der Waals surface area (Å²) in [6.07, 6.45) is 6.78. The van der Waals surface area contributed by atoms with Crippen molar-refractivity contribution in [2.75, 3.05) is 0 Å². The molecule has 0 aliphatic heterocycles. The van der Waals surface area contributed by atoms with Crippen LogP contribution in [0.15, 0.2) is 47.3 Å². The zero-order valence-corrected chi connectivity index (χ0v) is 15.8. The molecule has 1 N–H and O–H groups in total. The van der Waals surface area contributed by atoms with Crippen LogP contribution in [0.3, 0.4) is 0 Å². The fraction of sp³-hybridized carbons (Fsp3) is 0.429. The van der Waals surface area contributed by atoms with Crippen LogP contribution in [0.5, 0.6) is 0 Å². The van der Waals surface area contributed by atoms with Gasteiger partial charge in [-0.25, -0.2) is 4.68 Å². The average molecular weight is 369 g/mol. The summed E-state index contributed by atoms with van der Waals surface area (Å²) in [7, 11) is 0. The van der Waals surface area contributed by atoms with Gasteiger partial charge in [0.1, 0.15) is 6.54 Å². The van der Waals surface area contributed by atoms with E-state index in [0.29, 0.717) is 12.1 Å². The summed E-state index contributed by atoms with van der Waals surface area (Å²) >= 11 is 0. The Balaban J connectivity index is 1.85. The van der Waals surface area contributed by atoms with E-state index < -0.39 is 5.91 Å². The van der Waals surface area contributed by atoms with Gasteiger partial charge < -0.3 is 0 Å². The van der Waals surface area contributed by atoms with Gasteiger partial charge in [-0.15, -0.1) is 0 Å². The molecule has 0 unspecified atom stereocenters. The number of unbranched alkanes of at least 4 members (excludes halogenated alkanes) is 5. The molecule has 0 fully saturated rings. The molecule has 1 aromatic heterocycles. The summed E-state index contributed by atoms with van der Waals surface area (Å²) in [5, 5.41) is 6.57. The summed E-state index contributed by atoms with van der Waals surface area (Å²) in [4.78, 5) is 35.9. The first-order valence-electron chi connectivity index (χ1n) is 9.56. The maximum atomic E-state index is 12.1. The SMILES string of the molecule is CCCCCCCCC(=O)NC(=O)Cn1nc(-c2ccccc2)ccc1=O. The smallest absolute Gasteiger partial charge is 0.267 e. The van der Waals surface area contributed by atoms with Crippen molar-refractivity contribution in [2.24, 2.45) is 0 Å². The van der Waals surface area contributed by atoms with Gasteiger partial charge in [0, 0.05) is 18.1 Å². The van der Waals surface area contributed by atoms with Crippen LogP contribution in [-0.4, -0.2) is 21.6 Å². The van der Waals surface area contributed by atoms with E-state index in [1.54, 1.807) is 6.07 Å². The molecule has 0 atom stereocenters. The standard InChI is InChI=1S/C21H27N3O3/c1-2-3-4-5-6-10-13-19(25)22-20(26)16-24-21(27)15-14-18(23-24)17-11-8-7-9-12-17/h7-9,11-12,14-15H,2-6,10,13,16H2,1H3,(H,22,25,26). The summed E-state index contributed by atoms with van der Waals surface area (Å²) < 4.78 is 1.08.